The number of hydrogen-bond acceptors (Lipinski definition) is 3. The zero-order valence-corrected chi connectivity index (χ0v) is 19.4. The highest BCUT2D eigenvalue weighted by atomic mass is 35.5. The van der Waals surface area contributed by atoms with Crippen LogP contribution < -0.4 is 0 Å². The topological polar surface area (TPSA) is 77.8 Å². The zero-order chi connectivity index (χ0) is 23.0. The van der Waals surface area contributed by atoms with E-state index in [9.17, 15) is 19.8 Å². The van der Waals surface area contributed by atoms with Gasteiger partial charge in [0.2, 0.25) is 5.91 Å². The van der Waals surface area contributed by atoms with Gasteiger partial charge in [-0.25, -0.2) is 0 Å². The van der Waals surface area contributed by atoms with Crippen LogP contribution in [-0.2, 0) is 9.59 Å². The van der Waals surface area contributed by atoms with Gasteiger partial charge in [-0.05, 0) is 61.1 Å². The van der Waals surface area contributed by atoms with Gasteiger partial charge in [0.15, 0.2) is 0 Å². The Kier molecular flexibility index (Phi) is 6.53. The molecule has 1 aliphatic carbocycles. The van der Waals surface area contributed by atoms with Crippen molar-refractivity contribution < 1.29 is 19.8 Å². The van der Waals surface area contributed by atoms with Gasteiger partial charge in [0, 0.05) is 22.0 Å². The lowest BCUT2D eigenvalue weighted by Gasteiger charge is -2.51. The summed E-state index contributed by atoms with van der Waals surface area (Å²) in [5.74, 6) is -1.33. The lowest BCUT2D eigenvalue weighted by Crippen LogP contribution is -2.55. The van der Waals surface area contributed by atoms with Crippen molar-refractivity contribution in [3.05, 3.63) is 69.7 Å². The molecule has 170 valence electrons. The number of benzene rings is 2. The molecule has 2 fully saturated rings. The van der Waals surface area contributed by atoms with Gasteiger partial charge in [-0.1, -0.05) is 54.4 Å². The third kappa shape index (κ3) is 4.52. The van der Waals surface area contributed by atoms with Crippen LogP contribution in [0.5, 0.6) is 0 Å². The van der Waals surface area contributed by atoms with E-state index < -0.39 is 17.5 Å². The average Bonchev–Trinajstić information content (AvgIpc) is 3.16. The molecule has 2 N–H and O–H groups in total. The predicted molar refractivity (Wildman–Crippen MR) is 124 cm³/mol. The standard InChI is InChI=1S/C25H27Cl2NO4/c1-25(14-22(30)31)13-21(16-3-2-4-18(27)11-16)23(15-5-7-17(26)8-6-15)28(24(25)32)19-9-10-20(29)12-19/h2-8,11,19-21,23,29H,9-10,12-14H2,1H3,(H,30,31)/t19-,20-,21+,23+,25+/m0/s1. The van der Waals surface area contributed by atoms with Crippen molar-refractivity contribution in [3.63, 3.8) is 0 Å². The highest BCUT2D eigenvalue weighted by molar-refractivity contribution is 6.30. The molecule has 2 aromatic carbocycles. The van der Waals surface area contributed by atoms with Crippen LogP contribution in [0.1, 0.15) is 62.1 Å². The number of aliphatic hydroxyl groups excluding tert-OH is 1. The fourth-order valence-corrected chi connectivity index (χ4v) is 5.79. The number of hydrogen-bond donors (Lipinski definition) is 2. The molecule has 7 heteroatoms. The van der Waals surface area contributed by atoms with E-state index in [1.807, 2.05) is 47.4 Å². The van der Waals surface area contributed by atoms with Crippen LogP contribution >= 0.6 is 23.2 Å². The lowest BCUT2D eigenvalue weighted by atomic mass is 9.67. The molecule has 5 atom stereocenters. The van der Waals surface area contributed by atoms with Crippen LogP contribution in [0.15, 0.2) is 48.5 Å². The summed E-state index contributed by atoms with van der Waals surface area (Å²) in [5, 5.41) is 21.0. The highest BCUT2D eigenvalue weighted by Gasteiger charge is 2.53. The third-order valence-corrected chi connectivity index (χ3v) is 7.39. The predicted octanol–water partition coefficient (Wildman–Crippen LogP) is 5.45. The minimum atomic E-state index is -1.06. The average molecular weight is 476 g/mol. The maximum absolute atomic E-state index is 13.9. The van der Waals surface area contributed by atoms with Crippen molar-refractivity contribution in [2.24, 2.45) is 5.41 Å². The SMILES string of the molecule is C[C@]1(CC(=O)O)C[C@H](c2cccc(Cl)c2)[C@@H](c2ccc(Cl)cc2)N([C@H]2CC[C@H](O)C2)C1=O. The summed E-state index contributed by atoms with van der Waals surface area (Å²) in [5.41, 5.74) is 0.839. The Labute approximate surface area is 197 Å². The van der Waals surface area contributed by atoms with E-state index in [0.29, 0.717) is 35.7 Å². The lowest BCUT2D eigenvalue weighted by molar-refractivity contribution is -0.160. The van der Waals surface area contributed by atoms with Crippen molar-refractivity contribution in [1.29, 1.82) is 0 Å². The van der Waals surface area contributed by atoms with E-state index in [-0.39, 0.29) is 30.3 Å². The summed E-state index contributed by atoms with van der Waals surface area (Å²) >= 11 is 12.5. The number of amides is 1. The Bertz CT molecular complexity index is 1010. The van der Waals surface area contributed by atoms with Crippen molar-refractivity contribution in [2.75, 3.05) is 0 Å². The minimum absolute atomic E-state index is 0.158. The van der Waals surface area contributed by atoms with Gasteiger partial charge in [0.1, 0.15) is 0 Å². The molecule has 5 nitrogen and oxygen atoms in total. The molecular formula is C25H27Cl2NO4. The summed E-state index contributed by atoms with van der Waals surface area (Å²) in [4.78, 5) is 27.5. The molecule has 1 saturated carbocycles. The van der Waals surface area contributed by atoms with Crippen LogP contribution in [0.4, 0.5) is 0 Å². The van der Waals surface area contributed by atoms with E-state index in [1.165, 1.54) is 0 Å². The van der Waals surface area contributed by atoms with Crippen LogP contribution in [-0.4, -0.2) is 39.1 Å². The molecule has 1 amide bonds. The summed E-state index contributed by atoms with van der Waals surface area (Å²) in [6, 6.07) is 14.6. The van der Waals surface area contributed by atoms with Gasteiger partial charge in [0.25, 0.3) is 0 Å². The van der Waals surface area contributed by atoms with Crippen molar-refractivity contribution in [3.8, 4) is 0 Å². The fourth-order valence-electron chi connectivity index (χ4n) is 5.47. The Balaban J connectivity index is 1.88. The number of carbonyl (C=O) groups excluding carboxylic acids is 1. The fraction of sp³-hybridized carbons (Fsp3) is 0.440. The summed E-state index contributed by atoms with van der Waals surface area (Å²) in [6.07, 6.45) is 1.47. The van der Waals surface area contributed by atoms with Gasteiger partial charge in [-0.2, -0.15) is 0 Å². The molecule has 0 unspecified atom stereocenters. The van der Waals surface area contributed by atoms with Gasteiger partial charge in [-0.15, -0.1) is 0 Å². The second kappa shape index (κ2) is 9.05. The molecule has 0 aromatic heterocycles. The van der Waals surface area contributed by atoms with Gasteiger partial charge >= 0.3 is 5.97 Å². The van der Waals surface area contributed by atoms with Crippen molar-refractivity contribution in [1.82, 2.24) is 4.90 Å². The first-order chi connectivity index (χ1) is 15.2. The normalized spacial score (nSPS) is 30.5. The monoisotopic (exact) mass is 475 g/mol. The Morgan fingerprint density at radius 1 is 1.09 bits per heavy atom. The minimum Gasteiger partial charge on any atom is -0.481 e. The molecule has 1 heterocycles. The van der Waals surface area contributed by atoms with E-state index in [0.717, 1.165) is 11.1 Å². The molecule has 4 rings (SSSR count). The Morgan fingerprint density at radius 3 is 2.41 bits per heavy atom. The number of likely N-dealkylation sites (tertiary alicyclic amines) is 1. The van der Waals surface area contributed by atoms with Gasteiger partial charge < -0.3 is 15.1 Å². The number of rotatable bonds is 5. The number of carboxylic acids is 1. The number of nitrogens with zero attached hydrogens (tertiary/aromatic N) is 1. The number of aliphatic hydroxyl groups is 1. The number of aliphatic carboxylic acids is 1. The molecule has 0 bridgehead atoms. The molecule has 1 saturated heterocycles. The molecule has 2 aliphatic rings. The maximum Gasteiger partial charge on any atom is 0.304 e. The van der Waals surface area contributed by atoms with Gasteiger partial charge in [0.05, 0.1) is 24.0 Å². The maximum atomic E-state index is 13.9. The van der Waals surface area contributed by atoms with Crippen LogP contribution in [0, 0.1) is 5.41 Å². The van der Waals surface area contributed by atoms with E-state index >= 15 is 0 Å². The Morgan fingerprint density at radius 2 is 1.81 bits per heavy atom. The van der Waals surface area contributed by atoms with Crippen molar-refractivity contribution >= 4 is 35.1 Å². The summed E-state index contributed by atoms with van der Waals surface area (Å²) in [7, 11) is 0. The third-order valence-electron chi connectivity index (χ3n) is 6.90. The van der Waals surface area contributed by atoms with E-state index in [2.05, 4.69) is 0 Å². The first kappa shape index (κ1) is 23.1. The molecule has 0 radical (unpaired) electrons. The number of carbonyl (C=O) groups is 2. The number of carboxylic acid groups (broad SMARTS) is 1. The first-order valence-electron chi connectivity index (χ1n) is 10.9. The molecular weight excluding hydrogens is 449 g/mol. The first-order valence-corrected chi connectivity index (χ1v) is 11.7. The van der Waals surface area contributed by atoms with E-state index in [1.54, 1.807) is 13.0 Å². The second-order valence-corrected chi connectivity index (χ2v) is 10.2. The molecule has 1 aliphatic heterocycles. The quantitative estimate of drug-likeness (QED) is 0.602. The largest absolute Gasteiger partial charge is 0.481 e. The molecule has 2 aromatic rings. The summed E-state index contributed by atoms with van der Waals surface area (Å²) < 4.78 is 0. The second-order valence-electron chi connectivity index (χ2n) is 9.33. The molecule has 0 spiro atoms. The number of halogens is 2. The van der Waals surface area contributed by atoms with Crippen LogP contribution in [0.2, 0.25) is 10.0 Å². The molecule has 32 heavy (non-hydrogen) atoms. The highest BCUT2D eigenvalue weighted by Crippen LogP contribution is 2.53. The van der Waals surface area contributed by atoms with E-state index in [4.69, 9.17) is 23.2 Å². The van der Waals surface area contributed by atoms with Gasteiger partial charge in [-0.3, -0.25) is 9.59 Å². The smallest absolute Gasteiger partial charge is 0.304 e. The summed E-state index contributed by atoms with van der Waals surface area (Å²) in [6.45, 7) is 1.75. The number of piperidine rings is 1. The van der Waals surface area contributed by atoms with Crippen LogP contribution in [0.25, 0.3) is 0 Å². The Hall–Kier alpha value is -2.08. The zero-order valence-electron chi connectivity index (χ0n) is 17.9. The van der Waals surface area contributed by atoms with Crippen LogP contribution in [0.3, 0.4) is 0 Å². The van der Waals surface area contributed by atoms with Crippen molar-refractivity contribution in [2.45, 2.75) is 63.1 Å².